The van der Waals surface area contributed by atoms with Gasteiger partial charge in [-0.25, -0.2) is 0 Å². The Morgan fingerprint density at radius 2 is 1.46 bits per heavy atom. The third kappa shape index (κ3) is 38.0. The fraction of sp³-hybridized carbons (Fsp3) is 0.933. The van der Waals surface area contributed by atoms with Gasteiger partial charge in [0, 0.05) is 11.9 Å². The van der Waals surface area contributed by atoms with Crippen molar-refractivity contribution in [2.45, 2.75) is 38.5 Å². The maximum absolute atomic E-state index is 8.64. The largest absolute Gasteiger partial charge is 1.00 e. The zero-order chi connectivity index (χ0) is 17.6. The van der Waals surface area contributed by atoms with Crippen molar-refractivity contribution in [3.05, 3.63) is 0 Å². The van der Waals surface area contributed by atoms with Crippen LogP contribution in [0.5, 0.6) is 0 Å². The van der Waals surface area contributed by atoms with E-state index in [1.807, 2.05) is 0 Å². The van der Waals surface area contributed by atoms with Gasteiger partial charge in [0.05, 0.1) is 13.2 Å². The topological polar surface area (TPSA) is 105 Å². The monoisotopic (exact) mass is 514 g/mol. The molecule has 0 aromatic carbocycles. The Morgan fingerprint density at radius 1 is 1.04 bits per heavy atom. The summed E-state index contributed by atoms with van der Waals surface area (Å²) in [4.78, 5) is 13.6. The van der Waals surface area contributed by atoms with Crippen LogP contribution >= 0.6 is 28.3 Å². The number of hydrogen-bond donors (Lipinski definition) is 3. The van der Waals surface area contributed by atoms with Crippen LogP contribution in [-0.2, 0) is 9.68 Å². The van der Waals surface area contributed by atoms with E-state index in [0.29, 0.717) is 11.9 Å². The summed E-state index contributed by atoms with van der Waals surface area (Å²) in [6, 6.07) is 0. The quantitative estimate of drug-likeness (QED) is 0.113. The number of aliphatic hydroxyl groups is 2. The maximum Gasteiger partial charge on any atom is 1.00 e. The predicted octanol–water partition coefficient (Wildman–Crippen LogP) is -5.42. The van der Waals surface area contributed by atoms with Crippen molar-refractivity contribution in [2.75, 3.05) is 51.3 Å². The zero-order valence-corrected chi connectivity index (χ0v) is 25.0. The summed E-state index contributed by atoms with van der Waals surface area (Å²) in [6.45, 7) is 6.14. The molecule has 0 bridgehead atoms. The number of alkyl halides is 1. The van der Waals surface area contributed by atoms with E-state index >= 15 is 0 Å². The normalized spacial score (nSPS) is 15.2. The molecule has 2 fully saturated rings. The van der Waals surface area contributed by atoms with Gasteiger partial charge in [0.2, 0.25) is 0 Å². The molecule has 0 aromatic rings. The number of piperidine rings is 2. The molecule has 0 saturated carbocycles. The van der Waals surface area contributed by atoms with Gasteiger partial charge in [-0.1, -0.05) is 28.8 Å². The molecule has 11 heteroatoms. The average molecular weight is 516 g/mol. The molecule has 0 spiro atoms. The van der Waals surface area contributed by atoms with Gasteiger partial charge in [0.1, 0.15) is 0 Å². The summed E-state index contributed by atoms with van der Waals surface area (Å²) in [6.07, 6.45) is 8.23. The third-order valence-electron chi connectivity index (χ3n) is 3.20. The molecular formula is C15H34BrClK2N2O5. The smallest absolute Gasteiger partial charge is 1.00 e. The number of nitrogens with one attached hydrogen (secondary N) is 1. The van der Waals surface area contributed by atoms with Crippen LogP contribution in [0.25, 0.3) is 0 Å². The number of β-amino-alcohol motifs (C(OH)–C–C–N with tert-alkyl or cyclic N) is 1. The van der Waals surface area contributed by atoms with Crippen molar-refractivity contribution < 1.29 is 129 Å². The van der Waals surface area contributed by atoms with Crippen LogP contribution in [0.1, 0.15) is 40.0 Å². The molecule has 3 N–H and O–H groups in total. The first-order valence-electron chi connectivity index (χ1n) is 8.19. The van der Waals surface area contributed by atoms with Gasteiger partial charge < -0.3 is 32.0 Å². The van der Waals surface area contributed by atoms with Crippen molar-refractivity contribution in [2.24, 2.45) is 0 Å². The molecule has 0 amide bonds. The standard InChI is InChI=1S/C7H15NO.C5H11N.C2H5BrO.CH2O3.ClH.2K.H/c9-7-6-8-4-2-1-3-5-8;1-2-4-6-5-3-1;3-1-2-4;2-1-4-3;;;;/h9H,1-7H2;6H,1-5H2;4H,1-2H2;1,3H;1H;;;/q;;;;;2*+1;-1/p-1. The number of carbonyl (C=O) groups is 1. The molecular weight excluding hydrogens is 482 g/mol. The number of likely N-dealkylation sites (tertiary alicyclic amines) is 1. The Morgan fingerprint density at radius 3 is 1.69 bits per heavy atom. The fourth-order valence-corrected chi connectivity index (χ4v) is 2.13. The number of carbonyl (C=O) groups excluding carboxylic acids is 1. The molecule has 150 valence electrons. The average Bonchev–Trinajstić information content (AvgIpc) is 2.65. The second-order valence-corrected chi connectivity index (χ2v) is 5.83. The summed E-state index contributed by atoms with van der Waals surface area (Å²) in [5.74, 6) is 0. The van der Waals surface area contributed by atoms with E-state index in [1.165, 1.54) is 64.7 Å². The van der Waals surface area contributed by atoms with Crippen LogP contribution in [0.15, 0.2) is 0 Å². The van der Waals surface area contributed by atoms with E-state index in [-0.39, 0.29) is 130 Å². The first kappa shape index (κ1) is 39.8. The van der Waals surface area contributed by atoms with Crippen LogP contribution in [0.2, 0.25) is 0 Å². The molecule has 7 nitrogen and oxygen atoms in total. The number of aliphatic hydroxyl groups excluding tert-OH is 2. The Bertz CT molecular complexity index is 222. The molecule has 0 radical (unpaired) electrons. The molecule has 0 aliphatic carbocycles. The van der Waals surface area contributed by atoms with Crippen LogP contribution in [-0.4, -0.2) is 72.9 Å². The number of nitrogens with zero attached hydrogens (tertiary/aromatic N) is 1. The third-order valence-corrected chi connectivity index (χ3v) is 3.55. The molecule has 2 saturated heterocycles. The van der Waals surface area contributed by atoms with E-state index in [0.717, 1.165) is 6.54 Å². The van der Waals surface area contributed by atoms with Crippen molar-refractivity contribution >= 4 is 34.8 Å². The van der Waals surface area contributed by atoms with Gasteiger partial charge in [0.15, 0.2) is 0 Å². The molecule has 0 unspecified atom stereocenters. The van der Waals surface area contributed by atoms with E-state index in [9.17, 15) is 0 Å². The van der Waals surface area contributed by atoms with Crippen molar-refractivity contribution in [1.82, 2.24) is 10.2 Å². The summed E-state index contributed by atoms with van der Waals surface area (Å²) < 4.78 is 0. The van der Waals surface area contributed by atoms with E-state index < -0.39 is 0 Å². The molecule has 2 aliphatic heterocycles. The fourth-order valence-electron chi connectivity index (χ4n) is 2.13. The molecule has 26 heavy (non-hydrogen) atoms. The van der Waals surface area contributed by atoms with Gasteiger partial charge in [-0.2, -0.15) is 0 Å². The Labute approximate surface area is 259 Å². The van der Waals surface area contributed by atoms with Gasteiger partial charge in [-0.3, -0.25) is 4.79 Å². The summed E-state index contributed by atoms with van der Waals surface area (Å²) in [5.41, 5.74) is 0. The van der Waals surface area contributed by atoms with Gasteiger partial charge in [-0.05, 0) is 51.9 Å². The SMILES string of the molecule is C1CCNCC1.Cl.O=CO[O-].OCCBr.OCCN1CCCCC1.[H-].[K+].[K+]. The van der Waals surface area contributed by atoms with Crippen LogP contribution in [0.3, 0.4) is 0 Å². The van der Waals surface area contributed by atoms with Crippen LogP contribution in [0.4, 0.5) is 0 Å². The number of halogens is 2. The summed E-state index contributed by atoms with van der Waals surface area (Å²) >= 11 is 3.00. The minimum Gasteiger partial charge on any atom is -1.00 e. The van der Waals surface area contributed by atoms with E-state index in [1.54, 1.807) is 0 Å². The molecule has 2 aliphatic rings. The van der Waals surface area contributed by atoms with Crippen molar-refractivity contribution in [3.8, 4) is 0 Å². The zero-order valence-electron chi connectivity index (χ0n) is 17.3. The Hall–Kier alpha value is 3.31. The minimum absolute atomic E-state index is 0. The van der Waals surface area contributed by atoms with Crippen molar-refractivity contribution in [3.63, 3.8) is 0 Å². The van der Waals surface area contributed by atoms with Crippen LogP contribution < -0.4 is 113 Å². The minimum atomic E-state index is -0.181. The first-order valence-corrected chi connectivity index (χ1v) is 9.32. The number of hydrogen-bond acceptors (Lipinski definition) is 7. The predicted molar refractivity (Wildman–Crippen MR) is 100 cm³/mol. The van der Waals surface area contributed by atoms with Crippen molar-refractivity contribution in [1.29, 1.82) is 0 Å². The Balaban J connectivity index is -0.0000000549. The second kappa shape index (κ2) is 38.9. The molecule has 2 heterocycles. The summed E-state index contributed by atoms with van der Waals surface area (Å²) in [7, 11) is 0. The summed E-state index contributed by atoms with van der Waals surface area (Å²) in [5, 5.41) is 28.8. The molecule has 0 aromatic heterocycles. The van der Waals surface area contributed by atoms with Gasteiger partial charge >= 0.3 is 103 Å². The van der Waals surface area contributed by atoms with E-state index in [2.05, 4.69) is 31.0 Å². The molecule has 2 rings (SSSR count). The second-order valence-electron chi connectivity index (χ2n) is 5.04. The molecule has 0 atom stereocenters. The first-order chi connectivity index (χ1) is 11.3. The Kier molecular flexibility index (Phi) is 59.4. The van der Waals surface area contributed by atoms with Gasteiger partial charge in [0.25, 0.3) is 6.47 Å². The van der Waals surface area contributed by atoms with Gasteiger partial charge in [-0.15, -0.1) is 12.4 Å². The van der Waals surface area contributed by atoms with Crippen LogP contribution in [0, 0.1) is 0 Å². The van der Waals surface area contributed by atoms with E-state index in [4.69, 9.17) is 20.3 Å². The number of rotatable bonds is 4. The maximum atomic E-state index is 8.64.